The summed E-state index contributed by atoms with van der Waals surface area (Å²) in [6.07, 6.45) is 2.61. The van der Waals surface area contributed by atoms with E-state index in [1.165, 1.54) is 0 Å². The van der Waals surface area contributed by atoms with Gasteiger partial charge in [0, 0.05) is 23.9 Å². The number of H-pyrrole nitrogens is 1. The summed E-state index contributed by atoms with van der Waals surface area (Å²) in [4.78, 5) is 7.64. The molecule has 0 saturated carbocycles. The predicted molar refractivity (Wildman–Crippen MR) is 79.1 cm³/mol. The molecule has 108 valence electrons. The van der Waals surface area contributed by atoms with E-state index in [1.54, 1.807) is 0 Å². The number of benzene rings is 1. The molecule has 20 heavy (non-hydrogen) atoms. The first-order valence-corrected chi connectivity index (χ1v) is 6.92. The average molecular weight is 275 g/mol. The van der Waals surface area contributed by atoms with Gasteiger partial charge in [-0.15, -0.1) is 0 Å². The van der Waals surface area contributed by atoms with Gasteiger partial charge >= 0.3 is 0 Å². The highest BCUT2D eigenvalue weighted by Gasteiger charge is 2.09. The third-order valence-electron chi connectivity index (χ3n) is 2.86. The molecule has 0 saturated heterocycles. The Bertz CT molecular complexity index is 552. The van der Waals surface area contributed by atoms with E-state index in [1.807, 2.05) is 38.2 Å². The van der Waals surface area contributed by atoms with Crippen LogP contribution in [-0.2, 0) is 6.42 Å². The Morgan fingerprint density at radius 2 is 1.90 bits per heavy atom. The van der Waals surface area contributed by atoms with Crippen molar-refractivity contribution in [3.8, 4) is 22.9 Å². The van der Waals surface area contributed by atoms with Crippen molar-refractivity contribution in [2.75, 3.05) is 19.8 Å². The molecule has 0 aliphatic carbocycles. The van der Waals surface area contributed by atoms with E-state index in [9.17, 15) is 0 Å². The van der Waals surface area contributed by atoms with Crippen LogP contribution in [0, 0.1) is 0 Å². The second kappa shape index (κ2) is 6.96. The van der Waals surface area contributed by atoms with Gasteiger partial charge in [-0.1, -0.05) is 0 Å². The molecule has 5 nitrogen and oxygen atoms in total. The minimum absolute atomic E-state index is 0.597. The van der Waals surface area contributed by atoms with E-state index in [2.05, 4.69) is 9.97 Å². The molecular weight excluding hydrogens is 254 g/mol. The van der Waals surface area contributed by atoms with E-state index in [4.69, 9.17) is 15.2 Å². The fraction of sp³-hybridized carbons (Fsp3) is 0.400. The number of nitrogens with zero attached hydrogens (tertiary/aromatic N) is 1. The number of rotatable bonds is 7. The minimum Gasteiger partial charge on any atom is -0.490 e. The lowest BCUT2D eigenvalue weighted by Gasteiger charge is -2.11. The number of aromatic amines is 1. The van der Waals surface area contributed by atoms with Crippen LogP contribution < -0.4 is 15.2 Å². The lowest BCUT2D eigenvalue weighted by Crippen LogP contribution is -2.02. The van der Waals surface area contributed by atoms with Crippen molar-refractivity contribution in [1.82, 2.24) is 9.97 Å². The smallest absolute Gasteiger partial charge is 0.161 e. The van der Waals surface area contributed by atoms with Crippen LogP contribution >= 0.6 is 0 Å². The quantitative estimate of drug-likeness (QED) is 0.813. The van der Waals surface area contributed by atoms with Crippen LogP contribution in [0.25, 0.3) is 11.4 Å². The average Bonchev–Trinajstić information content (AvgIpc) is 2.90. The van der Waals surface area contributed by atoms with Gasteiger partial charge in [0.05, 0.1) is 13.2 Å². The molecule has 1 heterocycles. The Morgan fingerprint density at radius 3 is 2.60 bits per heavy atom. The number of ether oxygens (including phenoxy) is 2. The highest BCUT2D eigenvalue weighted by molar-refractivity contribution is 5.61. The molecule has 1 aromatic heterocycles. The van der Waals surface area contributed by atoms with Crippen molar-refractivity contribution in [2.45, 2.75) is 20.3 Å². The summed E-state index contributed by atoms with van der Waals surface area (Å²) in [5.41, 5.74) is 7.55. The van der Waals surface area contributed by atoms with E-state index < -0.39 is 0 Å². The van der Waals surface area contributed by atoms with Crippen LogP contribution in [-0.4, -0.2) is 29.7 Å². The highest BCUT2D eigenvalue weighted by atomic mass is 16.5. The van der Waals surface area contributed by atoms with E-state index in [0.29, 0.717) is 19.8 Å². The highest BCUT2D eigenvalue weighted by Crippen LogP contribution is 2.31. The Kier molecular flexibility index (Phi) is 5.01. The lowest BCUT2D eigenvalue weighted by molar-refractivity contribution is 0.288. The number of nitrogens with two attached hydrogens (primary N) is 1. The van der Waals surface area contributed by atoms with Gasteiger partial charge < -0.3 is 20.2 Å². The van der Waals surface area contributed by atoms with Crippen LogP contribution in [0.4, 0.5) is 0 Å². The first kappa shape index (κ1) is 14.4. The van der Waals surface area contributed by atoms with E-state index in [0.717, 1.165) is 35.0 Å². The molecule has 0 bridgehead atoms. The second-order valence-electron chi connectivity index (χ2n) is 4.32. The number of hydrogen-bond donors (Lipinski definition) is 2. The molecule has 0 fully saturated rings. The fourth-order valence-corrected chi connectivity index (χ4v) is 1.99. The van der Waals surface area contributed by atoms with Gasteiger partial charge in [-0.25, -0.2) is 4.98 Å². The Hall–Kier alpha value is -2.01. The Balaban J connectivity index is 2.28. The number of aromatic nitrogens is 2. The maximum atomic E-state index is 5.62. The zero-order valence-electron chi connectivity index (χ0n) is 12.0. The molecule has 1 aromatic carbocycles. The second-order valence-corrected chi connectivity index (χ2v) is 4.32. The van der Waals surface area contributed by atoms with Gasteiger partial charge in [0.15, 0.2) is 11.5 Å². The molecule has 5 heteroatoms. The van der Waals surface area contributed by atoms with Crippen molar-refractivity contribution < 1.29 is 9.47 Å². The van der Waals surface area contributed by atoms with Gasteiger partial charge in [-0.2, -0.15) is 0 Å². The van der Waals surface area contributed by atoms with E-state index in [-0.39, 0.29) is 0 Å². The van der Waals surface area contributed by atoms with Crippen LogP contribution in [0.3, 0.4) is 0 Å². The van der Waals surface area contributed by atoms with E-state index >= 15 is 0 Å². The predicted octanol–water partition coefficient (Wildman–Crippen LogP) is 2.38. The molecule has 0 amide bonds. The molecule has 0 unspecified atom stereocenters. The normalized spacial score (nSPS) is 10.6. The zero-order chi connectivity index (χ0) is 14.4. The van der Waals surface area contributed by atoms with Gasteiger partial charge in [0.2, 0.25) is 0 Å². The summed E-state index contributed by atoms with van der Waals surface area (Å²) in [7, 11) is 0. The molecule has 0 aliphatic rings. The summed E-state index contributed by atoms with van der Waals surface area (Å²) in [5, 5.41) is 0. The lowest BCUT2D eigenvalue weighted by atomic mass is 10.2. The largest absolute Gasteiger partial charge is 0.490 e. The molecule has 0 atom stereocenters. The maximum absolute atomic E-state index is 5.62. The molecule has 0 aliphatic heterocycles. The van der Waals surface area contributed by atoms with Crippen molar-refractivity contribution in [3.63, 3.8) is 0 Å². The third-order valence-corrected chi connectivity index (χ3v) is 2.86. The molecule has 0 spiro atoms. The fourth-order valence-electron chi connectivity index (χ4n) is 1.99. The first-order valence-electron chi connectivity index (χ1n) is 6.92. The number of imidazole rings is 1. The topological polar surface area (TPSA) is 73.2 Å². The minimum atomic E-state index is 0.597. The Morgan fingerprint density at radius 1 is 1.15 bits per heavy atom. The van der Waals surface area contributed by atoms with Crippen LogP contribution in [0.5, 0.6) is 11.5 Å². The molecular formula is C15H21N3O2. The first-order chi connectivity index (χ1) is 9.78. The summed E-state index contributed by atoms with van der Waals surface area (Å²) < 4.78 is 11.2. The molecule has 0 radical (unpaired) electrons. The monoisotopic (exact) mass is 275 g/mol. The molecule has 2 rings (SSSR count). The summed E-state index contributed by atoms with van der Waals surface area (Å²) in [6, 6.07) is 5.83. The van der Waals surface area contributed by atoms with Gasteiger partial charge in [-0.05, 0) is 38.6 Å². The summed E-state index contributed by atoms with van der Waals surface area (Å²) in [6.45, 7) is 5.72. The maximum Gasteiger partial charge on any atom is 0.161 e. The van der Waals surface area contributed by atoms with Crippen molar-refractivity contribution in [2.24, 2.45) is 5.73 Å². The van der Waals surface area contributed by atoms with Crippen LogP contribution in [0.2, 0.25) is 0 Å². The van der Waals surface area contributed by atoms with Crippen molar-refractivity contribution >= 4 is 0 Å². The summed E-state index contributed by atoms with van der Waals surface area (Å²) in [5.74, 6) is 2.31. The van der Waals surface area contributed by atoms with Gasteiger partial charge in [0.25, 0.3) is 0 Å². The number of nitrogens with one attached hydrogen (secondary N) is 1. The SMILES string of the molecule is CCOc1ccc(-c2ncc(CCN)[nH]2)cc1OCC. The number of hydrogen-bond acceptors (Lipinski definition) is 4. The zero-order valence-corrected chi connectivity index (χ0v) is 12.0. The third kappa shape index (κ3) is 3.30. The van der Waals surface area contributed by atoms with Crippen LogP contribution in [0.15, 0.2) is 24.4 Å². The molecule has 3 N–H and O–H groups in total. The standard InChI is InChI=1S/C15H21N3O2/c1-3-19-13-6-5-11(9-14(13)20-4-2)15-17-10-12(18-15)7-8-16/h5-6,9-10H,3-4,7-8,16H2,1-2H3,(H,17,18). The Labute approximate surface area is 119 Å². The summed E-state index contributed by atoms with van der Waals surface area (Å²) >= 11 is 0. The van der Waals surface area contributed by atoms with Crippen molar-refractivity contribution in [3.05, 3.63) is 30.1 Å². The molecule has 2 aromatic rings. The van der Waals surface area contributed by atoms with Crippen LogP contribution in [0.1, 0.15) is 19.5 Å². The van der Waals surface area contributed by atoms with Crippen molar-refractivity contribution in [1.29, 1.82) is 0 Å². The van der Waals surface area contributed by atoms with Gasteiger partial charge in [0.1, 0.15) is 5.82 Å². The van der Waals surface area contributed by atoms with Gasteiger partial charge in [-0.3, -0.25) is 0 Å².